The third-order valence-electron chi connectivity index (χ3n) is 5.51. The Morgan fingerprint density at radius 3 is 2.71 bits per heavy atom. The van der Waals surface area contributed by atoms with Crippen LogP contribution in [0.15, 0.2) is 34.9 Å². The van der Waals surface area contributed by atoms with Gasteiger partial charge < -0.3 is 24.2 Å². The maximum absolute atomic E-state index is 12.9. The Morgan fingerprint density at radius 1 is 1.13 bits per heavy atom. The summed E-state index contributed by atoms with van der Waals surface area (Å²) in [5, 5.41) is 13.6. The van der Waals surface area contributed by atoms with Gasteiger partial charge in [-0.3, -0.25) is 14.7 Å². The van der Waals surface area contributed by atoms with Crippen molar-refractivity contribution in [3.05, 3.63) is 41.8 Å². The molecule has 0 bridgehead atoms. The van der Waals surface area contributed by atoms with E-state index >= 15 is 0 Å². The molecule has 160 valence electrons. The number of likely N-dealkylation sites (tertiary alicyclic amines) is 1. The molecule has 0 atom stereocenters. The van der Waals surface area contributed by atoms with Gasteiger partial charge in [-0.25, -0.2) is 0 Å². The number of aromatic nitrogens is 3. The van der Waals surface area contributed by atoms with Gasteiger partial charge >= 0.3 is 0 Å². The average Bonchev–Trinajstić information content (AvgIpc) is 3.53. The van der Waals surface area contributed by atoms with Gasteiger partial charge in [0.25, 0.3) is 5.91 Å². The Morgan fingerprint density at radius 2 is 1.94 bits per heavy atom. The number of fused-ring (bicyclic) bond motifs is 1. The molecule has 0 aliphatic carbocycles. The van der Waals surface area contributed by atoms with Gasteiger partial charge in [0.15, 0.2) is 17.3 Å². The topological polar surface area (TPSA) is 123 Å². The summed E-state index contributed by atoms with van der Waals surface area (Å²) in [4.78, 5) is 27.1. The molecule has 2 aromatic heterocycles. The molecule has 0 spiro atoms. The van der Waals surface area contributed by atoms with Crippen molar-refractivity contribution in [2.45, 2.75) is 19.8 Å². The van der Waals surface area contributed by atoms with Crippen LogP contribution in [0, 0.1) is 12.8 Å². The van der Waals surface area contributed by atoms with Gasteiger partial charge in [0, 0.05) is 30.6 Å². The van der Waals surface area contributed by atoms with Crippen LogP contribution in [0.3, 0.4) is 0 Å². The van der Waals surface area contributed by atoms with Crippen LogP contribution in [0.4, 0.5) is 5.82 Å². The third kappa shape index (κ3) is 3.83. The van der Waals surface area contributed by atoms with Gasteiger partial charge in [-0.15, -0.1) is 0 Å². The molecular formula is C21H21N5O5. The van der Waals surface area contributed by atoms with Crippen molar-refractivity contribution >= 4 is 17.6 Å². The maximum Gasteiger partial charge on any atom is 0.271 e. The molecular weight excluding hydrogens is 402 g/mol. The predicted molar refractivity (Wildman–Crippen MR) is 109 cm³/mol. The fourth-order valence-corrected chi connectivity index (χ4v) is 3.80. The molecule has 10 heteroatoms. The van der Waals surface area contributed by atoms with Gasteiger partial charge in [0.1, 0.15) is 11.5 Å². The molecule has 2 aliphatic rings. The normalized spacial score (nSPS) is 15.8. The van der Waals surface area contributed by atoms with Crippen molar-refractivity contribution < 1.29 is 23.6 Å². The van der Waals surface area contributed by atoms with E-state index in [-0.39, 0.29) is 24.5 Å². The van der Waals surface area contributed by atoms with Crippen molar-refractivity contribution in [2.75, 3.05) is 25.2 Å². The van der Waals surface area contributed by atoms with E-state index in [9.17, 15) is 9.59 Å². The zero-order chi connectivity index (χ0) is 21.4. The fourth-order valence-electron chi connectivity index (χ4n) is 3.80. The number of hydrogen-bond acceptors (Lipinski definition) is 7. The van der Waals surface area contributed by atoms with Crippen molar-refractivity contribution in [3.63, 3.8) is 0 Å². The Hall–Kier alpha value is -3.82. The molecule has 0 unspecified atom stereocenters. The van der Waals surface area contributed by atoms with Crippen molar-refractivity contribution in [1.82, 2.24) is 20.3 Å². The van der Waals surface area contributed by atoms with Gasteiger partial charge in [0.2, 0.25) is 12.7 Å². The molecule has 3 aromatic rings. The summed E-state index contributed by atoms with van der Waals surface area (Å²) < 4.78 is 15.7. The van der Waals surface area contributed by atoms with E-state index < -0.39 is 0 Å². The van der Waals surface area contributed by atoms with E-state index in [1.165, 1.54) is 0 Å². The van der Waals surface area contributed by atoms with E-state index in [1.807, 2.05) is 18.2 Å². The molecule has 31 heavy (non-hydrogen) atoms. The lowest BCUT2D eigenvalue weighted by Gasteiger charge is -2.30. The summed E-state index contributed by atoms with van der Waals surface area (Å²) in [7, 11) is 0. The first-order valence-corrected chi connectivity index (χ1v) is 10.1. The minimum Gasteiger partial charge on any atom is -0.454 e. The highest BCUT2D eigenvalue weighted by atomic mass is 16.7. The first-order chi connectivity index (χ1) is 15.1. The second-order valence-corrected chi connectivity index (χ2v) is 7.61. The Balaban J connectivity index is 1.19. The van der Waals surface area contributed by atoms with Crippen LogP contribution in [0.2, 0.25) is 0 Å². The van der Waals surface area contributed by atoms with Crippen LogP contribution >= 0.6 is 0 Å². The quantitative estimate of drug-likeness (QED) is 0.661. The maximum atomic E-state index is 12.9. The van der Waals surface area contributed by atoms with Crippen molar-refractivity contribution in [1.29, 1.82) is 0 Å². The Bertz CT molecular complexity index is 1130. The van der Waals surface area contributed by atoms with Gasteiger partial charge in [0.05, 0.1) is 5.69 Å². The van der Waals surface area contributed by atoms with E-state index in [4.69, 9.17) is 14.0 Å². The molecule has 1 aromatic carbocycles. The monoisotopic (exact) mass is 423 g/mol. The molecule has 2 aliphatic heterocycles. The number of anilines is 1. The number of nitrogens with one attached hydrogen (secondary N) is 2. The number of hydrogen-bond donors (Lipinski definition) is 2. The van der Waals surface area contributed by atoms with E-state index in [0.717, 1.165) is 5.56 Å². The second-order valence-electron chi connectivity index (χ2n) is 7.61. The first-order valence-electron chi connectivity index (χ1n) is 10.1. The van der Waals surface area contributed by atoms with Crippen LogP contribution in [-0.2, 0) is 4.79 Å². The highest BCUT2D eigenvalue weighted by Crippen LogP contribution is 2.35. The summed E-state index contributed by atoms with van der Waals surface area (Å²) >= 11 is 0. The summed E-state index contributed by atoms with van der Waals surface area (Å²) in [6.45, 7) is 2.95. The lowest BCUT2D eigenvalue weighted by molar-refractivity contribution is -0.121. The molecule has 0 saturated carbocycles. The second kappa shape index (κ2) is 7.78. The van der Waals surface area contributed by atoms with E-state index in [0.29, 0.717) is 60.4 Å². The van der Waals surface area contributed by atoms with Crippen LogP contribution in [0.5, 0.6) is 11.5 Å². The molecule has 10 nitrogen and oxygen atoms in total. The molecule has 1 fully saturated rings. The average molecular weight is 423 g/mol. The predicted octanol–water partition coefficient (Wildman–Crippen LogP) is 2.59. The van der Waals surface area contributed by atoms with E-state index in [1.54, 1.807) is 24.0 Å². The fraction of sp³-hybridized carbons (Fsp3) is 0.333. The Kier molecular flexibility index (Phi) is 4.81. The first kappa shape index (κ1) is 19.2. The van der Waals surface area contributed by atoms with Crippen LogP contribution < -0.4 is 14.8 Å². The number of aromatic amines is 1. The molecule has 2 N–H and O–H groups in total. The van der Waals surface area contributed by atoms with Gasteiger partial charge in [-0.2, -0.15) is 5.10 Å². The number of aryl methyl sites for hydroxylation is 1. The SMILES string of the molecule is Cc1cc(NC(=O)C2CCN(C(=O)c3cc(-c4ccc5c(c4)OCO5)n[nH]3)CC2)no1. The highest BCUT2D eigenvalue weighted by molar-refractivity contribution is 5.94. The zero-order valence-corrected chi connectivity index (χ0v) is 16.9. The zero-order valence-electron chi connectivity index (χ0n) is 16.9. The molecule has 2 amide bonds. The van der Waals surface area contributed by atoms with Crippen molar-refractivity contribution in [3.8, 4) is 22.8 Å². The number of nitrogens with zero attached hydrogens (tertiary/aromatic N) is 3. The molecule has 1 saturated heterocycles. The van der Waals surface area contributed by atoms with E-state index in [2.05, 4.69) is 20.7 Å². The van der Waals surface area contributed by atoms with Gasteiger partial charge in [-0.05, 0) is 44.0 Å². The standard InChI is InChI=1S/C21H21N5O5/c1-12-8-19(25-31-12)22-20(27)13-4-6-26(7-5-13)21(28)16-10-15(23-24-16)14-2-3-17-18(9-14)30-11-29-17/h2-3,8-10,13H,4-7,11H2,1H3,(H,23,24)(H,22,25,27). The largest absolute Gasteiger partial charge is 0.454 e. The number of carbonyl (C=O) groups excluding carboxylic acids is 2. The molecule has 0 radical (unpaired) electrons. The lowest BCUT2D eigenvalue weighted by Crippen LogP contribution is -2.41. The van der Waals surface area contributed by atoms with Crippen LogP contribution in [-0.4, -0.2) is 52.0 Å². The summed E-state index contributed by atoms with van der Waals surface area (Å²) in [5.74, 6) is 1.99. The summed E-state index contributed by atoms with van der Waals surface area (Å²) in [6.07, 6.45) is 1.16. The third-order valence-corrected chi connectivity index (χ3v) is 5.51. The number of H-pyrrole nitrogens is 1. The number of amides is 2. The number of rotatable bonds is 4. The van der Waals surface area contributed by atoms with Gasteiger partial charge in [-0.1, -0.05) is 5.16 Å². The van der Waals surface area contributed by atoms with Crippen molar-refractivity contribution in [2.24, 2.45) is 5.92 Å². The summed E-state index contributed by atoms with van der Waals surface area (Å²) in [6, 6.07) is 8.94. The molecule has 4 heterocycles. The summed E-state index contributed by atoms with van der Waals surface area (Å²) in [5.41, 5.74) is 1.89. The minimum absolute atomic E-state index is 0.105. The minimum atomic E-state index is -0.174. The van der Waals surface area contributed by atoms with Crippen LogP contribution in [0.25, 0.3) is 11.3 Å². The lowest BCUT2D eigenvalue weighted by atomic mass is 9.95. The number of benzene rings is 1. The highest BCUT2D eigenvalue weighted by Gasteiger charge is 2.29. The molecule has 5 rings (SSSR count). The number of piperidine rings is 1. The number of carbonyl (C=O) groups is 2. The Labute approximate surface area is 177 Å². The smallest absolute Gasteiger partial charge is 0.271 e. The number of ether oxygens (including phenoxy) is 2. The van der Waals surface area contributed by atoms with Crippen LogP contribution in [0.1, 0.15) is 29.1 Å².